The van der Waals surface area contributed by atoms with Crippen LogP contribution in [0.5, 0.6) is 0 Å². The van der Waals surface area contributed by atoms with Crippen molar-refractivity contribution in [2.75, 3.05) is 6.54 Å². The molecule has 20 heavy (non-hydrogen) atoms. The maximum absolute atomic E-state index is 12.8. The third-order valence-corrected chi connectivity index (χ3v) is 3.59. The van der Waals surface area contributed by atoms with Gasteiger partial charge in [0.2, 0.25) is 0 Å². The molecule has 2 aromatic carbocycles. The Kier molecular flexibility index (Phi) is 5.12. The summed E-state index contributed by atoms with van der Waals surface area (Å²) in [5.74, 6) is -0.307. The molecule has 106 valence electrons. The lowest BCUT2D eigenvalue weighted by Gasteiger charge is -2.18. The van der Waals surface area contributed by atoms with Gasteiger partial charge in [-0.2, -0.15) is 0 Å². The first-order valence-corrected chi connectivity index (χ1v) is 6.87. The molecule has 0 saturated carbocycles. The summed E-state index contributed by atoms with van der Waals surface area (Å²) in [4.78, 5) is 0. The topological polar surface area (TPSA) is 32.3 Å². The van der Waals surface area contributed by atoms with E-state index in [9.17, 15) is 9.50 Å². The maximum Gasteiger partial charge on any atom is 0.123 e. The number of rotatable bonds is 5. The van der Waals surface area contributed by atoms with Gasteiger partial charge in [-0.15, -0.1) is 0 Å². The molecular weight excluding hydrogens is 277 g/mol. The average Bonchev–Trinajstić information content (AvgIpc) is 2.45. The fourth-order valence-electron chi connectivity index (χ4n) is 2.03. The van der Waals surface area contributed by atoms with Crippen LogP contribution in [0.3, 0.4) is 0 Å². The zero-order valence-electron chi connectivity index (χ0n) is 11.2. The van der Waals surface area contributed by atoms with Crippen LogP contribution in [0.4, 0.5) is 4.39 Å². The van der Waals surface area contributed by atoms with Crippen molar-refractivity contribution in [3.05, 3.63) is 70.5 Å². The molecule has 0 spiro atoms. The largest absolute Gasteiger partial charge is 0.387 e. The van der Waals surface area contributed by atoms with Crippen LogP contribution in [0, 0.1) is 5.82 Å². The Morgan fingerprint density at radius 3 is 2.45 bits per heavy atom. The summed E-state index contributed by atoms with van der Waals surface area (Å²) in [6.07, 6.45) is -0.680. The van der Waals surface area contributed by atoms with Crippen LogP contribution in [0.1, 0.15) is 30.2 Å². The van der Waals surface area contributed by atoms with Gasteiger partial charge in [0.05, 0.1) is 6.10 Å². The zero-order valence-corrected chi connectivity index (χ0v) is 11.9. The van der Waals surface area contributed by atoms with Crippen molar-refractivity contribution in [2.24, 2.45) is 0 Å². The highest BCUT2D eigenvalue weighted by molar-refractivity contribution is 6.31. The SMILES string of the molecule is C[C@@H](NCC(O)c1ccc(F)cc1)c1ccccc1Cl. The van der Waals surface area contributed by atoms with Crippen molar-refractivity contribution in [2.45, 2.75) is 19.1 Å². The van der Waals surface area contributed by atoms with Gasteiger partial charge in [-0.05, 0) is 36.2 Å². The van der Waals surface area contributed by atoms with Gasteiger partial charge in [0.15, 0.2) is 0 Å². The van der Waals surface area contributed by atoms with E-state index in [4.69, 9.17) is 11.6 Å². The van der Waals surface area contributed by atoms with Gasteiger partial charge in [0, 0.05) is 17.6 Å². The standard InChI is InChI=1S/C16H17ClFNO/c1-11(14-4-2-3-5-15(14)17)19-10-16(20)12-6-8-13(18)9-7-12/h2-9,11,16,19-20H,10H2,1H3/t11-,16?/m1/s1. The quantitative estimate of drug-likeness (QED) is 0.877. The number of hydrogen-bond acceptors (Lipinski definition) is 2. The number of nitrogens with one attached hydrogen (secondary N) is 1. The lowest BCUT2D eigenvalue weighted by Crippen LogP contribution is -2.24. The van der Waals surface area contributed by atoms with Gasteiger partial charge in [0.1, 0.15) is 5.82 Å². The van der Waals surface area contributed by atoms with Gasteiger partial charge in [-0.25, -0.2) is 4.39 Å². The highest BCUT2D eigenvalue weighted by atomic mass is 35.5. The van der Waals surface area contributed by atoms with Gasteiger partial charge >= 0.3 is 0 Å². The summed E-state index contributed by atoms with van der Waals surface area (Å²) in [7, 11) is 0. The van der Waals surface area contributed by atoms with E-state index < -0.39 is 6.10 Å². The molecule has 2 nitrogen and oxygen atoms in total. The number of halogens is 2. The van der Waals surface area contributed by atoms with Crippen molar-refractivity contribution >= 4 is 11.6 Å². The second-order valence-electron chi connectivity index (χ2n) is 4.72. The third kappa shape index (κ3) is 3.79. The highest BCUT2D eigenvalue weighted by Crippen LogP contribution is 2.22. The molecule has 0 aromatic heterocycles. The van der Waals surface area contributed by atoms with Gasteiger partial charge in [-0.1, -0.05) is 41.9 Å². The molecule has 0 aliphatic rings. The molecule has 0 heterocycles. The maximum atomic E-state index is 12.8. The monoisotopic (exact) mass is 293 g/mol. The van der Waals surface area contributed by atoms with Crippen LogP contribution in [0.15, 0.2) is 48.5 Å². The fraction of sp³-hybridized carbons (Fsp3) is 0.250. The first kappa shape index (κ1) is 15.0. The van der Waals surface area contributed by atoms with Crippen molar-refractivity contribution in [1.82, 2.24) is 5.32 Å². The van der Waals surface area contributed by atoms with E-state index in [1.807, 2.05) is 31.2 Å². The van der Waals surface area contributed by atoms with Crippen LogP contribution in [-0.4, -0.2) is 11.7 Å². The van der Waals surface area contributed by atoms with Gasteiger partial charge in [-0.3, -0.25) is 0 Å². The number of benzene rings is 2. The zero-order chi connectivity index (χ0) is 14.5. The van der Waals surface area contributed by atoms with E-state index in [1.165, 1.54) is 12.1 Å². The van der Waals surface area contributed by atoms with E-state index in [0.29, 0.717) is 17.1 Å². The third-order valence-electron chi connectivity index (χ3n) is 3.24. The first-order valence-electron chi connectivity index (χ1n) is 6.49. The van der Waals surface area contributed by atoms with Crippen molar-refractivity contribution in [3.63, 3.8) is 0 Å². The number of hydrogen-bond donors (Lipinski definition) is 2. The Morgan fingerprint density at radius 2 is 1.80 bits per heavy atom. The summed E-state index contributed by atoms with van der Waals surface area (Å²) in [6.45, 7) is 2.36. The molecule has 0 saturated heterocycles. The Morgan fingerprint density at radius 1 is 1.15 bits per heavy atom. The molecule has 2 rings (SSSR count). The molecule has 0 amide bonds. The summed E-state index contributed by atoms with van der Waals surface area (Å²) in [6, 6.07) is 13.5. The minimum atomic E-state index is -0.680. The minimum Gasteiger partial charge on any atom is -0.387 e. The second-order valence-corrected chi connectivity index (χ2v) is 5.13. The van der Waals surface area contributed by atoms with Crippen LogP contribution < -0.4 is 5.32 Å². The summed E-state index contributed by atoms with van der Waals surface area (Å²) in [5, 5.41) is 14.0. The molecule has 0 aliphatic heterocycles. The predicted octanol–water partition coefficient (Wildman–Crippen LogP) is 3.86. The van der Waals surface area contributed by atoms with Crippen LogP contribution in [0.25, 0.3) is 0 Å². The molecule has 0 aliphatic carbocycles. The van der Waals surface area contributed by atoms with Crippen LogP contribution >= 0.6 is 11.6 Å². The van der Waals surface area contributed by atoms with E-state index in [-0.39, 0.29) is 11.9 Å². The number of aliphatic hydroxyl groups is 1. The molecule has 0 fully saturated rings. The smallest absolute Gasteiger partial charge is 0.123 e. The fourth-order valence-corrected chi connectivity index (χ4v) is 2.33. The van der Waals surface area contributed by atoms with Crippen molar-refractivity contribution < 1.29 is 9.50 Å². The summed E-state index contributed by atoms with van der Waals surface area (Å²) < 4.78 is 12.8. The lowest BCUT2D eigenvalue weighted by molar-refractivity contribution is 0.170. The second kappa shape index (κ2) is 6.84. The van der Waals surface area contributed by atoms with E-state index in [0.717, 1.165) is 5.56 Å². The van der Waals surface area contributed by atoms with E-state index in [1.54, 1.807) is 12.1 Å². The van der Waals surface area contributed by atoms with Crippen LogP contribution in [0.2, 0.25) is 5.02 Å². The summed E-state index contributed by atoms with van der Waals surface area (Å²) >= 11 is 6.12. The Labute approximate surface area is 123 Å². The molecule has 0 radical (unpaired) electrons. The summed E-state index contributed by atoms with van der Waals surface area (Å²) in [5.41, 5.74) is 1.67. The molecule has 2 atom stereocenters. The van der Waals surface area contributed by atoms with Crippen molar-refractivity contribution in [1.29, 1.82) is 0 Å². The molecular formula is C16H17ClFNO. The van der Waals surface area contributed by atoms with E-state index >= 15 is 0 Å². The highest BCUT2D eigenvalue weighted by Gasteiger charge is 2.12. The predicted molar refractivity (Wildman–Crippen MR) is 79.2 cm³/mol. The molecule has 0 bridgehead atoms. The average molecular weight is 294 g/mol. The minimum absolute atomic E-state index is 0.0267. The normalized spacial score (nSPS) is 14.0. The molecule has 1 unspecified atom stereocenters. The molecule has 2 aromatic rings. The Bertz CT molecular complexity index is 559. The van der Waals surface area contributed by atoms with Gasteiger partial charge in [0.25, 0.3) is 0 Å². The molecule has 2 N–H and O–H groups in total. The van der Waals surface area contributed by atoms with Gasteiger partial charge < -0.3 is 10.4 Å². The Balaban J connectivity index is 1.95. The first-order chi connectivity index (χ1) is 9.58. The molecule has 4 heteroatoms. The van der Waals surface area contributed by atoms with Crippen molar-refractivity contribution in [3.8, 4) is 0 Å². The van der Waals surface area contributed by atoms with E-state index in [2.05, 4.69) is 5.32 Å². The Hall–Kier alpha value is -1.42. The number of aliphatic hydroxyl groups excluding tert-OH is 1. The van der Waals surface area contributed by atoms with Crippen LogP contribution in [-0.2, 0) is 0 Å². The lowest BCUT2D eigenvalue weighted by atomic mass is 10.1.